The molecule has 2 N–H and O–H groups in total. The molecule has 0 saturated carbocycles. The molecular weight excluding hydrogens is 313 g/mol. The van der Waals surface area contributed by atoms with Crippen LogP contribution in [0.25, 0.3) is 0 Å². The number of hydrogen-bond acceptors (Lipinski definition) is 2. The quantitative estimate of drug-likeness (QED) is 0.906. The summed E-state index contributed by atoms with van der Waals surface area (Å²) in [6.45, 7) is 1.92. The maximum Gasteiger partial charge on any atom is 0.254 e. The van der Waals surface area contributed by atoms with Crippen LogP contribution in [0.15, 0.2) is 35.1 Å². The fourth-order valence-corrected chi connectivity index (χ4v) is 2.11. The number of carbonyl (C=O) groups is 1. The third kappa shape index (κ3) is 3.01. The number of hydrogen-bond donors (Lipinski definition) is 2. The van der Waals surface area contributed by atoms with Crippen LogP contribution in [0, 0.1) is 5.82 Å². The molecule has 2 rings (SSSR count). The summed E-state index contributed by atoms with van der Waals surface area (Å²) in [4.78, 5) is 19.1. The molecule has 0 spiro atoms. The van der Waals surface area contributed by atoms with E-state index in [1.807, 2.05) is 6.92 Å². The molecule has 4 nitrogen and oxygen atoms in total. The van der Waals surface area contributed by atoms with E-state index in [2.05, 4.69) is 31.2 Å². The molecule has 0 fully saturated rings. The summed E-state index contributed by atoms with van der Waals surface area (Å²) in [7, 11) is 0. The molecule has 19 heavy (non-hydrogen) atoms. The first-order valence-electron chi connectivity index (χ1n) is 5.87. The predicted molar refractivity (Wildman–Crippen MR) is 73.2 cm³/mol. The minimum absolute atomic E-state index is 0.0133. The third-order valence-corrected chi connectivity index (χ3v) is 3.37. The van der Waals surface area contributed by atoms with Crippen LogP contribution in [-0.2, 0) is 0 Å². The Morgan fingerprint density at radius 1 is 1.58 bits per heavy atom. The van der Waals surface area contributed by atoms with Gasteiger partial charge in [0, 0.05) is 12.4 Å². The predicted octanol–water partition coefficient (Wildman–Crippen LogP) is 3.19. The van der Waals surface area contributed by atoms with Gasteiger partial charge in [0.05, 0.1) is 16.1 Å². The summed E-state index contributed by atoms with van der Waals surface area (Å²) in [5, 5.41) is 2.76. The van der Waals surface area contributed by atoms with Gasteiger partial charge >= 0.3 is 0 Å². The van der Waals surface area contributed by atoms with Crippen molar-refractivity contribution in [2.24, 2.45) is 0 Å². The lowest BCUT2D eigenvalue weighted by molar-refractivity contribution is 0.0929. The van der Waals surface area contributed by atoms with Crippen LogP contribution in [-0.4, -0.2) is 15.9 Å². The Bertz CT molecular complexity index is 571. The Morgan fingerprint density at radius 2 is 2.37 bits per heavy atom. The molecule has 1 unspecified atom stereocenters. The SMILES string of the molecule is CCC(NC(=O)c1cccc(Br)c1F)c1ncc[nH]1. The average molecular weight is 326 g/mol. The minimum Gasteiger partial charge on any atom is -0.347 e. The smallest absolute Gasteiger partial charge is 0.254 e. The Balaban J connectivity index is 2.18. The second-order valence-corrected chi connectivity index (χ2v) is 4.86. The number of imidazole rings is 1. The van der Waals surface area contributed by atoms with Crippen molar-refractivity contribution < 1.29 is 9.18 Å². The van der Waals surface area contributed by atoms with Crippen LogP contribution < -0.4 is 5.32 Å². The molecule has 0 bridgehead atoms. The van der Waals surface area contributed by atoms with Crippen LogP contribution >= 0.6 is 15.9 Å². The molecule has 0 radical (unpaired) electrons. The lowest BCUT2D eigenvalue weighted by atomic mass is 10.1. The van der Waals surface area contributed by atoms with Crippen molar-refractivity contribution in [3.05, 3.63) is 52.3 Å². The molecule has 1 atom stereocenters. The molecule has 2 aromatic rings. The number of aromatic nitrogens is 2. The van der Waals surface area contributed by atoms with Gasteiger partial charge in [-0.2, -0.15) is 0 Å². The molecular formula is C13H13BrFN3O. The van der Waals surface area contributed by atoms with E-state index < -0.39 is 11.7 Å². The first-order valence-corrected chi connectivity index (χ1v) is 6.67. The summed E-state index contributed by atoms with van der Waals surface area (Å²) < 4.78 is 14.1. The topological polar surface area (TPSA) is 57.8 Å². The number of amides is 1. The molecule has 0 aliphatic rings. The van der Waals surface area contributed by atoms with Gasteiger partial charge in [0.15, 0.2) is 0 Å². The number of aromatic amines is 1. The molecule has 0 aliphatic heterocycles. The lowest BCUT2D eigenvalue weighted by Gasteiger charge is -2.15. The van der Waals surface area contributed by atoms with E-state index >= 15 is 0 Å². The van der Waals surface area contributed by atoms with E-state index in [9.17, 15) is 9.18 Å². The Hall–Kier alpha value is -1.69. The number of carbonyl (C=O) groups excluding carboxylic acids is 1. The zero-order chi connectivity index (χ0) is 13.8. The zero-order valence-electron chi connectivity index (χ0n) is 10.3. The van der Waals surface area contributed by atoms with E-state index in [0.29, 0.717) is 12.2 Å². The van der Waals surface area contributed by atoms with E-state index in [1.54, 1.807) is 24.5 Å². The first-order chi connectivity index (χ1) is 9.13. The molecule has 100 valence electrons. The number of nitrogens with one attached hydrogen (secondary N) is 2. The van der Waals surface area contributed by atoms with Crippen molar-refractivity contribution in [1.29, 1.82) is 0 Å². The highest BCUT2D eigenvalue weighted by molar-refractivity contribution is 9.10. The van der Waals surface area contributed by atoms with Gasteiger partial charge in [-0.3, -0.25) is 4.79 Å². The Labute approximate surface area is 118 Å². The number of benzene rings is 1. The highest BCUT2D eigenvalue weighted by atomic mass is 79.9. The summed E-state index contributed by atoms with van der Waals surface area (Å²) >= 11 is 3.06. The van der Waals surface area contributed by atoms with Gasteiger partial charge in [0.25, 0.3) is 5.91 Å². The lowest BCUT2D eigenvalue weighted by Crippen LogP contribution is -2.29. The number of rotatable bonds is 4. The molecule has 0 saturated heterocycles. The second kappa shape index (κ2) is 5.97. The number of halogens is 2. The molecule has 0 aliphatic carbocycles. The fourth-order valence-electron chi connectivity index (χ4n) is 1.75. The van der Waals surface area contributed by atoms with Gasteiger partial charge in [-0.25, -0.2) is 9.37 Å². The van der Waals surface area contributed by atoms with Crippen LogP contribution in [0.1, 0.15) is 35.6 Å². The maximum absolute atomic E-state index is 13.8. The van der Waals surface area contributed by atoms with E-state index in [4.69, 9.17) is 0 Å². The summed E-state index contributed by atoms with van der Waals surface area (Å²) in [6, 6.07) is 4.36. The van der Waals surface area contributed by atoms with Gasteiger partial charge in [-0.05, 0) is 34.5 Å². The molecule has 1 heterocycles. The summed E-state index contributed by atoms with van der Waals surface area (Å²) in [6.07, 6.45) is 3.96. The van der Waals surface area contributed by atoms with Gasteiger partial charge in [0.1, 0.15) is 11.6 Å². The largest absolute Gasteiger partial charge is 0.347 e. The standard InChI is InChI=1S/C13H13BrFN3O/c1-2-10(12-16-6-7-17-12)18-13(19)8-4-3-5-9(14)11(8)15/h3-7,10H,2H2,1H3,(H,16,17)(H,18,19). The molecule has 1 amide bonds. The fraction of sp³-hybridized carbons (Fsp3) is 0.231. The number of nitrogens with zero attached hydrogens (tertiary/aromatic N) is 1. The van der Waals surface area contributed by atoms with Crippen molar-refractivity contribution in [1.82, 2.24) is 15.3 Å². The van der Waals surface area contributed by atoms with Crippen molar-refractivity contribution >= 4 is 21.8 Å². The summed E-state index contributed by atoms with van der Waals surface area (Å²) in [5.74, 6) is -0.359. The van der Waals surface area contributed by atoms with Crippen LogP contribution in [0.2, 0.25) is 0 Å². The molecule has 1 aromatic carbocycles. The van der Waals surface area contributed by atoms with Crippen molar-refractivity contribution in [3.63, 3.8) is 0 Å². The van der Waals surface area contributed by atoms with Crippen LogP contribution in [0.5, 0.6) is 0 Å². The van der Waals surface area contributed by atoms with Crippen LogP contribution in [0.4, 0.5) is 4.39 Å². The zero-order valence-corrected chi connectivity index (χ0v) is 11.9. The summed E-state index contributed by atoms with van der Waals surface area (Å²) in [5.41, 5.74) is 0.0133. The monoisotopic (exact) mass is 325 g/mol. The number of H-pyrrole nitrogens is 1. The van der Waals surface area contributed by atoms with E-state index in [0.717, 1.165) is 0 Å². The van der Waals surface area contributed by atoms with Crippen molar-refractivity contribution in [3.8, 4) is 0 Å². The highest BCUT2D eigenvalue weighted by Crippen LogP contribution is 2.20. The highest BCUT2D eigenvalue weighted by Gasteiger charge is 2.19. The first kappa shape index (κ1) is 13.7. The van der Waals surface area contributed by atoms with Gasteiger partial charge in [0.2, 0.25) is 0 Å². The third-order valence-electron chi connectivity index (χ3n) is 2.76. The van der Waals surface area contributed by atoms with Crippen molar-refractivity contribution in [2.75, 3.05) is 0 Å². The van der Waals surface area contributed by atoms with E-state index in [-0.39, 0.29) is 16.1 Å². The Kier molecular flexibility index (Phi) is 4.31. The molecule has 1 aromatic heterocycles. The van der Waals surface area contributed by atoms with Gasteiger partial charge in [-0.1, -0.05) is 13.0 Å². The normalized spacial score (nSPS) is 12.2. The van der Waals surface area contributed by atoms with Crippen molar-refractivity contribution in [2.45, 2.75) is 19.4 Å². The van der Waals surface area contributed by atoms with Crippen LogP contribution in [0.3, 0.4) is 0 Å². The maximum atomic E-state index is 13.8. The molecule has 6 heteroatoms. The Morgan fingerprint density at radius 3 is 3.00 bits per heavy atom. The second-order valence-electron chi connectivity index (χ2n) is 4.01. The van der Waals surface area contributed by atoms with Gasteiger partial charge < -0.3 is 10.3 Å². The van der Waals surface area contributed by atoms with E-state index in [1.165, 1.54) is 6.07 Å². The van der Waals surface area contributed by atoms with Gasteiger partial charge in [-0.15, -0.1) is 0 Å². The average Bonchev–Trinajstić information content (AvgIpc) is 2.92. The minimum atomic E-state index is -0.561.